The molecule has 0 aromatic heterocycles. The van der Waals surface area contributed by atoms with Crippen molar-refractivity contribution in [2.24, 2.45) is 16.8 Å². The minimum absolute atomic E-state index is 0.106. The number of benzene rings is 1. The maximum Gasteiger partial charge on any atom is 0.314 e. The van der Waals surface area contributed by atoms with Gasteiger partial charge in [-0.1, -0.05) is 0 Å². The number of esters is 1. The van der Waals surface area contributed by atoms with Crippen molar-refractivity contribution in [3.05, 3.63) is 36.2 Å². The van der Waals surface area contributed by atoms with E-state index in [2.05, 4.69) is 11.7 Å². The SMILES string of the molecule is C=Nc1ccc(OC(=O)C2CCC(CCC=C(F)F)CC2)cc1F. The smallest absolute Gasteiger partial charge is 0.314 e. The molecule has 0 atom stereocenters. The molecule has 0 spiro atoms. The lowest BCUT2D eigenvalue weighted by molar-refractivity contribution is -0.140. The van der Waals surface area contributed by atoms with E-state index in [9.17, 15) is 18.0 Å². The molecule has 0 radical (unpaired) electrons. The van der Waals surface area contributed by atoms with Crippen LogP contribution in [0.5, 0.6) is 5.75 Å². The van der Waals surface area contributed by atoms with Crippen LogP contribution in [0.25, 0.3) is 0 Å². The first kappa shape index (κ1) is 18.2. The molecule has 0 amide bonds. The fourth-order valence-corrected chi connectivity index (χ4v) is 2.99. The maximum absolute atomic E-state index is 13.6. The number of hydrogen-bond acceptors (Lipinski definition) is 3. The molecule has 1 aromatic carbocycles. The number of allylic oxidation sites excluding steroid dienone is 1. The summed E-state index contributed by atoms with van der Waals surface area (Å²) < 4.78 is 42.8. The second-order valence-corrected chi connectivity index (χ2v) is 5.98. The highest BCUT2D eigenvalue weighted by Crippen LogP contribution is 2.33. The van der Waals surface area contributed by atoms with Gasteiger partial charge in [0.15, 0.2) is 5.82 Å². The molecule has 130 valence electrons. The maximum atomic E-state index is 13.6. The number of carbonyl (C=O) groups is 1. The highest BCUT2D eigenvalue weighted by molar-refractivity contribution is 5.75. The standard InChI is InChI=1S/C18H20F3NO2/c1-22-16-10-9-14(11-15(16)19)24-18(23)13-7-5-12(6-8-13)3-2-4-17(20)21/h4,9-13H,1-3,5-8H2. The van der Waals surface area contributed by atoms with Gasteiger partial charge in [0, 0.05) is 6.07 Å². The second kappa shape index (κ2) is 8.66. The molecule has 2 rings (SSSR count). The van der Waals surface area contributed by atoms with Crippen molar-refractivity contribution in [3.8, 4) is 5.75 Å². The first-order valence-corrected chi connectivity index (χ1v) is 7.98. The summed E-state index contributed by atoms with van der Waals surface area (Å²) in [6.45, 7) is 3.25. The van der Waals surface area contributed by atoms with Gasteiger partial charge < -0.3 is 4.74 Å². The summed E-state index contributed by atoms with van der Waals surface area (Å²) >= 11 is 0. The summed E-state index contributed by atoms with van der Waals surface area (Å²) in [6, 6.07) is 4.00. The zero-order valence-corrected chi connectivity index (χ0v) is 13.3. The third-order valence-corrected chi connectivity index (χ3v) is 4.36. The number of nitrogens with zero attached hydrogens (tertiary/aromatic N) is 1. The molecule has 0 bridgehead atoms. The topological polar surface area (TPSA) is 38.7 Å². The van der Waals surface area contributed by atoms with Gasteiger partial charge in [0.2, 0.25) is 0 Å². The molecule has 1 aliphatic carbocycles. The van der Waals surface area contributed by atoms with Gasteiger partial charge in [-0.2, -0.15) is 8.78 Å². The van der Waals surface area contributed by atoms with Crippen molar-refractivity contribution in [1.82, 2.24) is 0 Å². The Labute approximate surface area is 139 Å². The monoisotopic (exact) mass is 339 g/mol. The van der Waals surface area contributed by atoms with E-state index in [1.54, 1.807) is 0 Å². The lowest BCUT2D eigenvalue weighted by atomic mass is 9.80. The average Bonchev–Trinajstić information content (AvgIpc) is 2.55. The van der Waals surface area contributed by atoms with Gasteiger partial charge in [0.25, 0.3) is 6.08 Å². The van der Waals surface area contributed by atoms with Crippen molar-refractivity contribution in [1.29, 1.82) is 0 Å². The molecule has 0 aliphatic heterocycles. The minimum Gasteiger partial charge on any atom is -0.426 e. The van der Waals surface area contributed by atoms with Crippen molar-refractivity contribution < 1.29 is 22.7 Å². The molecule has 1 saturated carbocycles. The Morgan fingerprint density at radius 1 is 1.29 bits per heavy atom. The van der Waals surface area contributed by atoms with Crippen LogP contribution < -0.4 is 4.74 Å². The third kappa shape index (κ3) is 5.22. The summed E-state index contributed by atoms with van der Waals surface area (Å²) in [4.78, 5) is 15.7. The predicted molar refractivity (Wildman–Crippen MR) is 86.2 cm³/mol. The van der Waals surface area contributed by atoms with E-state index in [0.717, 1.165) is 25.0 Å². The quantitative estimate of drug-likeness (QED) is 0.394. The molecule has 1 aromatic rings. The number of halogens is 3. The number of hydrogen-bond donors (Lipinski definition) is 0. The van der Waals surface area contributed by atoms with Crippen LogP contribution in [-0.4, -0.2) is 12.7 Å². The van der Waals surface area contributed by atoms with Crippen LogP contribution in [0, 0.1) is 17.7 Å². The molecular weight excluding hydrogens is 319 g/mol. The Bertz CT molecular complexity index is 619. The van der Waals surface area contributed by atoms with Crippen molar-refractivity contribution in [3.63, 3.8) is 0 Å². The Morgan fingerprint density at radius 2 is 2.00 bits per heavy atom. The van der Waals surface area contributed by atoms with E-state index in [1.165, 1.54) is 12.1 Å². The molecule has 0 unspecified atom stereocenters. The molecular formula is C18H20F3NO2. The Morgan fingerprint density at radius 3 is 2.58 bits per heavy atom. The first-order valence-electron chi connectivity index (χ1n) is 7.98. The van der Waals surface area contributed by atoms with Gasteiger partial charge in [-0.3, -0.25) is 9.79 Å². The number of ether oxygens (including phenoxy) is 1. The summed E-state index contributed by atoms with van der Waals surface area (Å²) in [5, 5.41) is 0. The molecule has 0 N–H and O–H groups in total. The summed E-state index contributed by atoms with van der Waals surface area (Å²) in [5.74, 6) is -0.681. The van der Waals surface area contributed by atoms with E-state index in [1.807, 2.05) is 0 Å². The Hall–Kier alpha value is -2.11. The zero-order valence-electron chi connectivity index (χ0n) is 13.3. The third-order valence-electron chi connectivity index (χ3n) is 4.36. The lowest BCUT2D eigenvalue weighted by Crippen LogP contribution is -2.25. The molecule has 0 heterocycles. The predicted octanol–water partition coefficient (Wildman–Crippen LogP) is 5.43. The van der Waals surface area contributed by atoms with E-state index >= 15 is 0 Å². The van der Waals surface area contributed by atoms with Gasteiger partial charge in [0.1, 0.15) is 5.75 Å². The second-order valence-electron chi connectivity index (χ2n) is 5.98. The van der Waals surface area contributed by atoms with Crippen LogP contribution in [0.3, 0.4) is 0 Å². The van der Waals surface area contributed by atoms with Gasteiger partial charge in [0.05, 0.1) is 11.6 Å². The van der Waals surface area contributed by atoms with Crippen molar-refractivity contribution in [2.75, 3.05) is 0 Å². The van der Waals surface area contributed by atoms with E-state index in [0.29, 0.717) is 31.6 Å². The summed E-state index contributed by atoms with van der Waals surface area (Å²) in [6.07, 6.45) is 3.34. The molecule has 6 heteroatoms. The normalized spacial score (nSPS) is 20.3. The van der Waals surface area contributed by atoms with Gasteiger partial charge in [-0.05, 0) is 69.4 Å². The minimum atomic E-state index is -1.64. The largest absolute Gasteiger partial charge is 0.426 e. The Kier molecular flexibility index (Phi) is 6.58. The van der Waals surface area contributed by atoms with Gasteiger partial charge >= 0.3 is 5.97 Å². The Balaban J connectivity index is 1.81. The number of carbonyl (C=O) groups excluding carboxylic acids is 1. The fourth-order valence-electron chi connectivity index (χ4n) is 2.99. The van der Waals surface area contributed by atoms with E-state index in [4.69, 9.17) is 4.74 Å². The summed E-state index contributed by atoms with van der Waals surface area (Å²) in [7, 11) is 0. The van der Waals surface area contributed by atoms with Gasteiger partial charge in [-0.15, -0.1) is 0 Å². The van der Waals surface area contributed by atoms with Crippen LogP contribution in [0.1, 0.15) is 38.5 Å². The number of aliphatic imine (C=N–C) groups is 1. The van der Waals surface area contributed by atoms with E-state index in [-0.39, 0.29) is 23.3 Å². The average molecular weight is 339 g/mol. The lowest BCUT2D eigenvalue weighted by Gasteiger charge is -2.26. The molecule has 1 fully saturated rings. The van der Waals surface area contributed by atoms with Crippen molar-refractivity contribution in [2.45, 2.75) is 38.5 Å². The zero-order chi connectivity index (χ0) is 17.5. The highest BCUT2D eigenvalue weighted by Gasteiger charge is 2.27. The van der Waals surface area contributed by atoms with Crippen molar-refractivity contribution >= 4 is 18.4 Å². The fraction of sp³-hybridized carbons (Fsp3) is 0.444. The molecule has 0 saturated heterocycles. The van der Waals surface area contributed by atoms with Gasteiger partial charge in [-0.25, -0.2) is 4.39 Å². The van der Waals surface area contributed by atoms with Crippen LogP contribution >= 0.6 is 0 Å². The van der Waals surface area contributed by atoms with Crippen LogP contribution in [0.4, 0.5) is 18.9 Å². The van der Waals surface area contributed by atoms with E-state index < -0.39 is 11.9 Å². The number of rotatable bonds is 6. The molecule has 3 nitrogen and oxygen atoms in total. The molecule has 24 heavy (non-hydrogen) atoms. The van der Waals surface area contributed by atoms with Crippen LogP contribution in [0.2, 0.25) is 0 Å². The summed E-state index contributed by atoms with van der Waals surface area (Å²) in [5.41, 5.74) is 0.106. The molecule has 1 aliphatic rings. The highest BCUT2D eigenvalue weighted by atomic mass is 19.3. The first-order chi connectivity index (χ1) is 11.5. The van der Waals surface area contributed by atoms with Crippen LogP contribution in [0.15, 0.2) is 35.3 Å². The van der Waals surface area contributed by atoms with Crippen LogP contribution in [-0.2, 0) is 4.79 Å².